The van der Waals surface area contributed by atoms with Gasteiger partial charge in [0.1, 0.15) is 0 Å². The van der Waals surface area contributed by atoms with E-state index in [1.165, 1.54) is 11.3 Å². The summed E-state index contributed by atoms with van der Waals surface area (Å²) in [4.78, 5) is 15.4. The lowest BCUT2D eigenvalue weighted by atomic mass is 10.3. The summed E-state index contributed by atoms with van der Waals surface area (Å²) in [6, 6.07) is 0. The minimum absolute atomic E-state index is 0.236. The highest BCUT2D eigenvalue weighted by Gasteiger charge is 2.07. The third-order valence-electron chi connectivity index (χ3n) is 1.58. The molecule has 0 saturated heterocycles. The Morgan fingerprint density at radius 1 is 1.80 bits per heavy atom. The fourth-order valence-electron chi connectivity index (χ4n) is 0.989. The first kappa shape index (κ1) is 11.7. The number of esters is 1. The van der Waals surface area contributed by atoms with Crippen LogP contribution in [-0.2, 0) is 16.0 Å². The summed E-state index contributed by atoms with van der Waals surface area (Å²) in [6.45, 7) is 6.46. The molecule has 0 saturated carbocycles. The Hall–Kier alpha value is -1.36. The van der Waals surface area contributed by atoms with Gasteiger partial charge in [0.05, 0.1) is 18.7 Å². The molecule has 0 fully saturated rings. The van der Waals surface area contributed by atoms with Crippen LogP contribution in [0, 0.1) is 0 Å². The third kappa shape index (κ3) is 4.12. The van der Waals surface area contributed by atoms with Crippen molar-refractivity contribution in [3.63, 3.8) is 0 Å². The molecule has 0 bridgehead atoms. The largest absolute Gasteiger partial charge is 0.466 e. The second-order valence-corrected chi connectivity index (χ2v) is 3.65. The van der Waals surface area contributed by atoms with Gasteiger partial charge < -0.3 is 10.1 Å². The van der Waals surface area contributed by atoms with Crippen molar-refractivity contribution in [3.8, 4) is 0 Å². The zero-order valence-electron chi connectivity index (χ0n) is 8.66. The monoisotopic (exact) mass is 226 g/mol. The number of ether oxygens (including phenoxy) is 1. The molecule has 1 rings (SSSR count). The number of nitrogens with one attached hydrogen (secondary N) is 1. The summed E-state index contributed by atoms with van der Waals surface area (Å²) in [5.41, 5.74) is 0.741. The van der Waals surface area contributed by atoms with Crippen LogP contribution in [0.1, 0.15) is 12.6 Å². The van der Waals surface area contributed by atoms with Crippen molar-refractivity contribution in [2.75, 3.05) is 18.5 Å². The Morgan fingerprint density at radius 2 is 2.60 bits per heavy atom. The van der Waals surface area contributed by atoms with Gasteiger partial charge in [0.15, 0.2) is 5.13 Å². The normalized spacial score (nSPS) is 9.67. The number of carbonyl (C=O) groups excluding carboxylic acids is 1. The predicted molar refractivity (Wildman–Crippen MR) is 61.1 cm³/mol. The lowest BCUT2D eigenvalue weighted by Gasteiger charge is -1.98. The standard InChI is InChI=1S/C10H14N2O2S/c1-3-5-11-10-12-8(7-15-10)6-9(13)14-4-2/h3,7H,1,4-6H2,2H3,(H,11,12). The van der Waals surface area contributed by atoms with E-state index in [0.29, 0.717) is 13.2 Å². The topological polar surface area (TPSA) is 51.2 Å². The van der Waals surface area contributed by atoms with Crippen LogP contribution in [0.5, 0.6) is 0 Å². The van der Waals surface area contributed by atoms with Gasteiger partial charge >= 0.3 is 5.97 Å². The van der Waals surface area contributed by atoms with Crippen LogP contribution in [0.3, 0.4) is 0 Å². The predicted octanol–water partition coefficient (Wildman–Crippen LogP) is 1.85. The van der Waals surface area contributed by atoms with Crippen molar-refractivity contribution in [2.45, 2.75) is 13.3 Å². The Kier molecular flexibility index (Phi) is 4.83. The van der Waals surface area contributed by atoms with Gasteiger partial charge in [-0.1, -0.05) is 6.08 Å². The molecular formula is C10H14N2O2S. The van der Waals surface area contributed by atoms with Crippen molar-refractivity contribution in [1.82, 2.24) is 4.98 Å². The van der Waals surface area contributed by atoms with Crippen LogP contribution in [0.4, 0.5) is 5.13 Å². The van der Waals surface area contributed by atoms with E-state index in [9.17, 15) is 4.79 Å². The molecule has 0 radical (unpaired) electrons. The molecular weight excluding hydrogens is 212 g/mol. The van der Waals surface area contributed by atoms with E-state index in [1.807, 2.05) is 5.38 Å². The Balaban J connectivity index is 2.45. The van der Waals surface area contributed by atoms with E-state index < -0.39 is 0 Å². The van der Waals surface area contributed by atoms with Gasteiger partial charge in [-0.2, -0.15) is 0 Å². The van der Waals surface area contributed by atoms with Crippen LogP contribution in [0.2, 0.25) is 0 Å². The van der Waals surface area contributed by atoms with Crippen LogP contribution < -0.4 is 5.32 Å². The number of carbonyl (C=O) groups is 1. The van der Waals surface area contributed by atoms with Gasteiger partial charge in [0.2, 0.25) is 0 Å². The molecule has 82 valence electrons. The summed E-state index contributed by atoms with van der Waals surface area (Å²) in [7, 11) is 0. The van der Waals surface area contributed by atoms with Crippen molar-refractivity contribution in [2.24, 2.45) is 0 Å². The molecule has 0 aromatic carbocycles. The molecule has 1 N–H and O–H groups in total. The number of nitrogens with zero attached hydrogens (tertiary/aromatic N) is 1. The lowest BCUT2D eigenvalue weighted by Crippen LogP contribution is -2.07. The van der Waals surface area contributed by atoms with E-state index in [4.69, 9.17) is 4.74 Å². The van der Waals surface area contributed by atoms with Crippen molar-refractivity contribution >= 4 is 22.4 Å². The van der Waals surface area contributed by atoms with Gasteiger partial charge in [-0.25, -0.2) is 4.98 Å². The van der Waals surface area contributed by atoms with Gasteiger partial charge in [0.25, 0.3) is 0 Å². The van der Waals surface area contributed by atoms with Gasteiger partial charge in [0, 0.05) is 11.9 Å². The quantitative estimate of drug-likeness (QED) is 0.594. The minimum Gasteiger partial charge on any atom is -0.466 e. The number of hydrogen-bond acceptors (Lipinski definition) is 5. The Morgan fingerprint density at radius 3 is 3.27 bits per heavy atom. The first-order valence-electron chi connectivity index (χ1n) is 4.71. The maximum absolute atomic E-state index is 11.1. The number of hydrogen-bond donors (Lipinski definition) is 1. The van der Waals surface area contributed by atoms with E-state index in [1.54, 1.807) is 13.0 Å². The summed E-state index contributed by atoms with van der Waals surface area (Å²) in [5, 5.41) is 5.71. The highest BCUT2D eigenvalue weighted by molar-refractivity contribution is 7.13. The van der Waals surface area contributed by atoms with Crippen LogP contribution in [0.25, 0.3) is 0 Å². The van der Waals surface area contributed by atoms with Crippen LogP contribution in [0.15, 0.2) is 18.0 Å². The molecule has 1 heterocycles. The molecule has 15 heavy (non-hydrogen) atoms. The molecule has 0 aliphatic heterocycles. The smallest absolute Gasteiger partial charge is 0.311 e. The SMILES string of the molecule is C=CCNc1nc(CC(=O)OCC)cs1. The number of anilines is 1. The van der Waals surface area contributed by atoms with E-state index in [-0.39, 0.29) is 12.4 Å². The third-order valence-corrected chi connectivity index (χ3v) is 2.43. The first-order chi connectivity index (χ1) is 7.26. The molecule has 1 aromatic heterocycles. The van der Waals surface area contributed by atoms with Gasteiger partial charge in [-0.3, -0.25) is 4.79 Å². The fourth-order valence-corrected chi connectivity index (χ4v) is 1.71. The molecule has 1 aromatic rings. The summed E-state index contributed by atoms with van der Waals surface area (Å²) in [6.07, 6.45) is 1.99. The molecule has 0 aliphatic rings. The van der Waals surface area contributed by atoms with Crippen molar-refractivity contribution in [1.29, 1.82) is 0 Å². The zero-order valence-corrected chi connectivity index (χ0v) is 9.47. The fraction of sp³-hybridized carbons (Fsp3) is 0.400. The van der Waals surface area contributed by atoms with Crippen LogP contribution >= 0.6 is 11.3 Å². The molecule has 4 nitrogen and oxygen atoms in total. The Bertz CT molecular complexity index is 336. The molecule has 0 aliphatic carbocycles. The van der Waals surface area contributed by atoms with Crippen molar-refractivity contribution in [3.05, 3.63) is 23.7 Å². The minimum atomic E-state index is -0.238. The second-order valence-electron chi connectivity index (χ2n) is 2.80. The van der Waals surface area contributed by atoms with E-state index >= 15 is 0 Å². The average molecular weight is 226 g/mol. The second kappa shape index (κ2) is 6.19. The number of thiazole rings is 1. The summed E-state index contributed by atoms with van der Waals surface area (Å²) in [5.74, 6) is -0.238. The first-order valence-corrected chi connectivity index (χ1v) is 5.59. The number of rotatable bonds is 6. The average Bonchev–Trinajstić information content (AvgIpc) is 2.63. The zero-order chi connectivity index (χ0) is 11.1. The highest BCUT2D eigenvalue weighted by atomic mass is 32.1. The molecule has 5 heteroatoms. The van der Waals surface area contributed by atoms with Gasteiger partial charge in [-0.05, 0) is 6.92 Å². The van der Waals surface area contributed by atoms with E-state index in [2.05, 4.69) is 16.9 Å². The molecule has 0 spiro atoms. The van der Waals surface area contributed by atoms with Gasteiger partial charge in [-0.15, -0.1) is 17.9 Å². The maximum atomic E-state index is 11.1. The summed E-state index contributed by atoms with van der Waals surface area (Å²) >= 11 is 1.47. The Labute approximate surface area is 93.0 Å². The van der Waals surface area contributed by atoms with E-state index in [0.717, 1.165) is 10.8 Å². The summed E-state index contributed by atoms with van der Waals surface area (Å²) < 4.78 is 4.83. The maximum Gasteiger partial charge on any atom is 0.311 e. The molecule has 0 amide bonds. The number of aromatic nitrogens is 1. The molecule has 0 unspecified atom stereocenters. The molecule has 0 atom stereocenters. The van der Waals surface area contributed by atoms with Crippen molar-refractivity contribution < 1.29 is 9.53 Å². The van der Waals surface area contributed by atoms with Crippen LogP contribution in [-0.4, -0.2) is 24.1 Å². The lowest BCUT2D eigenvalue weighted by molar-refractivity contribution is -0.142. The highest BCUT2D eigenvalue weighted by Crippen LogP contribution is 2.15.